The lowest BCUT2D eigenvalue weighted by molar-refractivity contribution is 0.0951. The van der Waals surface area contributed by atoms with E-state index in [0.29, 0.717) is 28.9 Å². The Kier molecular flexibility index (Phi) is 5.03. The van der Waals surface area contributed by atoms with E-state index in [1.54, 1.807) is 48.7 Å². The summed E-state index contributed by atoms with van der Waals surface area (Å²) in [4.78, 5) is 16.8. The third-order valence-corrected chi connectivity index (χ3v) is 3.89. The topological polar surface area (TPSA) is 91.9 Å². The molecule has 1 heterocycles. The van der Waals surface area contributed by atoms with E-state index in [9.17, 15) is 9.18 Å². The summed E-state index contributed by atoms with van der Waals surface area (Å²) in [6, 6.07) is 16.3. The molecule has 3 rings (SSSR count). The van der Waals surface area contributed by atoms with E-state index in [1.165, 1.54) is 18.2 Å². The molecule has 0 saturated carbocycles. The van der Waals surface area contributed by atoms with Crippen LogP contribution in [0.25, 0.3) is 11.3 Å². The van der Waals surface area contributed by atoms with Crippen LogP contribution in [0.15, 0.2) is 66.9 Å². The van der Waals surface area contributed by atoms with Crippen molar-refractivity contribution < 1.29 is 9.18 Å². The third kappa shape index (κ3) is 3.92. The predicted molar refractivity (Wildman–Crippen MR) is 98.3 cm³/mol. The summed E-state index contributed by atoms with van der Waals surface area (Å²) in [7, 11) is 0. The molecule has 0 fully saturated rings. The number of nitrogens with zero attached hydrogens (tertiary/aromatic N) is 1. The Bertz CT molecular complexity index is 940. The molecule has 6 heteroatoms. The number of carbonyl (C=O) groups excluding carboxylic acids is 1. The van der Waals surface area contributed by atoms with Crippen LogP contribution in [0.3, 0.4) is 0 Å². The van der Waals surface area contributed by atoms with Gasteiger partial charge in [0.25, 0.3) is 5.91 Å². The molecule has 1 aromatic heterocycles. The van der Waals surface area contributed by atoms with E-state index < -0.39 is 5.82 Å². The fraction of sp³-hybridized carbons (Fsp3) is 0.0500. The Labute approximate surface area is 150 Å². The molecule has 0 aliphatic rings. The Balaban J connectivity index is 1.79. The van der Waals surface area contributed by atoms with Crippen LogP contribution >= 0.6 is 0 Å². The smallest absolute Gasteiger partial charge is 0.252 e. The molecule has 4 N–H and O–H groups in total. The van der Waals surface area contributed by atoms with Crippen molar-refractivity contribution in [1.29, 1.82) is 5.41 Å². The first kappa shape index (κ1) is 17.3. The van der Waals surface area contributed by atoms with Gasteiger partial charge in [-0.05, 0) is 35.9 Å². The summed E-state index contributed by atoms with van der Waals surface area (Å²) in [6.45, 7) is 0.302. The number of halogens is 1. The van der Waals surface area contributed by atoms with Crippen molar-refractivity contribution in [3.8, 4) is 11.3 Å². The summed E-state index contributed by atoms with van der Waals surface area (Å²) in [5.41, 5.74) is 8.23. The zero-order chi connectivity index (χ0) is 18.5. The fourth-order valence-corrected chi connectivity index (χ4v) is 2.53. The van der Waals surface area contributed by atoms with Crippen molar-refractivity contribution >= 4 is 11.7 Å². The number of aromatic nitrogens is 1. The fourth-order valence-electron chi connectivity index (χ4n) is 2.53. The average molecular weight is 348 g/mol. The highest BCUT2D eigenvalue weighted by Crippen LogP contribution is 2.23. The molecule has 0 radical (unpaired) electrons. The van der Waals surface area contributed by atoms with Crippen molar-refractivity contribution in [3.05, 3.63) is 89.4 Å². The van der Waals surface area contributed by atoms with Crippen molar-refractivity contribution in [2.75, 3.05) is 0 Å². The highest BCUT2D eigenvalue weighted by molar-refractivity contribution is 6.00. The molecular formula is C20H17FN4O. The zero-order valence-corrected chi connectivity index (χ0v) is 13.9. The van der Waals surface area contributed by atoms with E-state index in [2.05, 4.69) is 10.3 Å². The van der Waals surface area contributed by atoms with Crippen molar-refractivity contribution in [1.82, 2.24) is 10.3 Å². The van der Waals surface area contributed by atoms with Crippen LogP contribution in [0.1, 0.15) is 21.5 Å². The van der Waals surface area contributed by atoms with E-state index >= 15 is 0 Å². The summed E-state index contributed by atoms with van der Waals surface area (Å²) >= 11 is 0. The molecule has 5 nitrogen and oxygen atoms in total. The molecule has 0 aliphatic carbocycles. The number of pyridine rings is 1. The van der Waals surface area contributed by atoms with Gasteiger partial charge in [-0.3, -0.25) is 15.2 Å². The number of carbonyl (C=O) groups is 1. The number of benzene rings is 2. The maximum Gasteiger partial charge on any atom is 0.252 e. The quantitative estimate of drug-likeness (QED) is 0.489. The zero-order valence-electron chi connectivity index (χ0n) is 13.9. The predicted octanol–water partition coefficient (Wildman–Crippen LogP) is 3.10. The Morgan fingerprint density at radius 3 is 2.54 bits per heavy atom. The number of nitrogens with two attached hydrogens (primary N) is 1. The van der Waals surface area contributed by atoms with E-state index in [-0.39, 0.29) is 11.7 Å². The van der Waals surface area contributed by atoms with Crippen molar-refractivity contribution in [2.45, 2.75) is 6.54 Å². The van der Waals surface area contributed by atoms with Gasteiger partial charge in [0.1, 0.15) is 11.7 Å². The first-order chi connectivity index (χ1) is 12.5. The van der Waals surface area contributed by atoms with Crippen LogP contribution in [-0.4, -0.2) is 16.7 Å². The van der Waals surface area contributed by atoms with Gasteiger partial charge in [-0.15, -0.1) is 0 Å². The molecule has 0 aliphatic heterocycles. The molecule has 3 aromatic rings. The maximum absolute atomic E-state index is 13.7. The Morgan fingerprint density at radius 2 is 1.88 bits per heavy atom. The number of hydrogen-bond donors (Lipinski definition) is 3. The molecule has 1 amide bonds. The minimum absolute atomic E-state index is 0.00750. The summed E-state index contributed by atoms with van der Waals surface area (Å²) in [5, 5.41) is 10.2. The first-order valence-electron chi connectivity index (χ1n) is 7.97. The van der Waals surface area contributed by atoms with Gasteiger partial charge in [0.05, 0.1) is 5.69 Å². The number of hydrogen-bond acceptors (Lipinski definition) is 3. The largest absolute Gasteiger partial charge is 0.384 e. The lowest BCUT2D eigenvalue weighted by Crippen LogP contribution is -2.23. The highest BCUT2D eigenvalue weighted by atomic mass is 19.1. The second-order valence-corrected chi connectivity index (χ2v) is 5.70. The Morgan fingerprint density at radius 1 is 1.12 bits per heavy atom. The van der Waals surface area contributed by atoms with Crippen LogP contribution in [0, 0.1) is 11.2 Å². The molecule has 0 atom stereocenters. The van der Waals surface area contributed by atoms with Gasteiger partial charge in [-0.1, -0.05) is 30.3 Å². The van der Waals surface area contributed by atoms with Crippen LogP contribution in [-0.2, 0) is 6.54 Å². The molecule has 130 valence electrons. The van der Waals surface area contributed by atoms with Gasteiger partial charge < -0.3 is 11.1 Å². The van der Waals surface area contributed by atoms with E-state index in [0.717, 1.165) is 5.56 Å². The lowest BCUT2D eigenvalue weighted by atomic mass is 10.0. The van der Waals surface area contributed by atoms with Gasteiger partial charge in [-0.2, -0.15) is 0 Å². The third-order valence-electron chi connectivity index (χ3n) is 3.89. The number of rotatable bonds is 5. The Hall–Kier alpha value is -3.54. The minimum Gasteiger partial charge on any atom is -0.384 e. The molecule has 2 aromatic carbocycles. The molecule has 0 bridgehead atoms. The molecule has 26 heavy (non-hydrogen) atoms. The number of amidine groups is 1. The van der Waals surface area contributed by atoms with Crippen LogP contribution in [0.5, 0.6) is 0 Å². The van der Waals surface area contributed by atoms with Crippen LogP contribution in [0.2, 0.25) is 0 Å². The molecule has 0 spiro atoms. The normalized spacial score (nSPS) is 10.3. The number of nitrogen functional groups attached to an aromatic ring is 1. The minimum atomic E-state index is -0.429. The number of nitrogens with one attached hydrogen (secondary N) is 2. The standard InChI is InChI=1S/C20H17FN4O/c21-15-8-9-16(17(11-15)18-3-1-2-10-24-18)20(26)25-12-13-4-6-14(7-5-13)19(22)23/h1-11H,12H2,(H3,22,23)(H,25,26). The SMILES string of the molecule is N=C(N)c1ccc(CNC(=O)c2ccc(F)cc2-c2ccccn2)cc1. The monoisotopic (exact) mass is 348 g/mol. The van der Waals surface area contributed by atoms with E-state index in [1.807, 2.05) is 0 Å². The molecule has 0 saturated heterocycles. The average Bonchev–Trinajstić information content (AvgIpc) is 2.67. The van der Waals surface area contributed by atoms with Crippen LogP contribution < -0.4 is 11.1 Å². The lowest BCUT2D eigenvalue weighted by Gasteiger charge is -2.10. The maximum atomic E-state index is 13.7. The summed E-state index contributed by atoms with van der Waals surface area (Å²) < 4.78 is 13.7. The molecule has 0 unspecified atom stereocenters. The van der Waals surface area contributed by atoms with E-state index in [4.69, 9.17) is 11.1 Å². The summed E-state index contributed by atoms with van der Waals surface area (Å²) in [5.74, 6) is -0.754. The van der Waals surface area contributed by atoms with Gasteiger partial charge in [0.15, 0.2) is 0 Å². The van der Waals surface area contributed by atoms with Crippen molar-refractivity contribution in [3.63, 3.8) is 0 Å². The van der Waals surface area contributed by atoms with Crippen LogP contribution in [0.4, 0.5) is 4.39 Å². The molecular weight excluding hydrogens is 331 g/mol. The van der Waals surface area contributed by atoms with Gasteiger partial charge in [0, 0.05) is 29.4 Å². The second kappa shape index (κ2) is 7.57. The van der Waals surface area contributed by atoms with Crippen molar-refractivity contribution in [2.24, 2.45) is 5.73 Å². The summed E-state index contributed by atoms with van der Waals surface area (Å²) in [6.07, 6.45) is 1.60. The first-order valence-corrected chi connectivity index (χ1v) is 7.97. The van der Waals surface area contributed by atoms with Gasteiger partial charge in [-0.25, -0.2) is 4.39 Å². The van der Waals surface area contributed by atoms with Gasteiger partial charge in [0.2, 0.25) is 0 Å². The highest BCUT2D eigenvalue weighted by Gasteiger charge is 2.14. The second-order valence-electron chi connectivity index (χ2n) is 5.70. The number of amides is 1. The van der Waals surface area contributed by atoms with Gasteiger partial charge >= 0.3 is 0 Å².